The van der Waals surface area contributed by atoms with Crippen molar-refractivity contribution in [3.05, 3.63) is 28.7 Å². The van der Waals surface area contributed by atoms with E-state index in [0.29, 0.717) is 0 Å². The molecule has 1 aromatic heterocycles. The van der Waals surface area contributed by atoms with Crippen LogP contribution in [0.1, 0.15) is 32.2 Å². The molecule has 0 unspecified atom stereocenters. The van der Waals surface area contributed by atoms with Gasteiger partial charge in [0.15, 0.2) is 5.75 Å². The second-order valence-corrected chi connectivity index (χ2v) is 4.85. The highest BCUT2D eigenvalue weighted by Crippen LogP contribution is 2.15. The summed E-state index contributed by atoms with van der Waals surface area (Å²) in [6.45, 7) is 3.35. The summed E-state index contributed by atoms with van der Waals surface area (Å²) in [5.74, 6) is 0.274. The Kier molecular flexibility index (Phi) is 4.24. The van der Waals surface area contributed by atoms with Gasteiger partial charge in [0.2, 0.25) is 5.91 Å². The third-order valence-corrected chi connectivity index (χ3v) is 3.60. The van der Waals surface area contributed by atoms with Crippen molar-refractivity contribution in [2.24, 2.45) is 0 Å². The van der Waals surface area contributed by atoms with Gasteiger partial charge in [-0.2, -0.15) is 0 Å². The van der Waals surface area contributed by atoms with Crippen LogP contribution >= 0.6 is 0 Å². The summed E-state index contributed by atoms with van der Waals surface area (Å²) in [4.78, 5) is 26.3. The van der Waals surface area contributed by atoms with E-state index in [0.717, 1.165) is 25.9 Å². The van der Waals surface area contributed by atoms with Gasteiger partial charge in [-0.15, -0.1) is 0 Å². The van der Waals surface area contributed by atoms with E-state index in [2.05, 4.69) is 0 Å². The minimum absolute atomic E-state index is 0.00931. The summed E-state index contributed by atoms with van der Waals surface area (Å²) in [7, 11) is 1.46. The third kappa shape index (κ3) is 2.80. The molecule has 19 heavy (non-hydrogen) atoms. The van der Waals surface area contributed by atoms with Crippen molar-refractivity contribution in [1.29, 1.82) is 0 Å². The Bertz CT molecular complexity index is 504. The van der Waals surface area contributed by atoms with Crippen molar-refractivity contribution in [2.45, 2.75) is 32.2 Å². The fourth-order valence-electron chi connectivity index (χ4n) is 2.45. The van der Waals surface area contributed by atoms with Gasteiger partial charge in [0.05, 0.1) is 7.11 Å². The first-order valence-corrected chi connectivity index (χ1v) is 6.69. The van der Waals surface area contributed by atoms with Gasteiger partial charge >= 0.3 is 0 Å². The monoisotopic (exact) mass is 264 g/mol. The Morgan fingerprint density at radius 1 is 1.32 bits per heavy atom. The van der Waals surface area contributed by atoms with E-state index in [-0.39, 0.29) is 17.2 Å². The number of ether oxygens (including phenoxy) is 1. The van der Waals surface area contributed by atoms with E-state index in [1.807, 2.05) is 4.90 Å². The Labute approximate surface area is 112 Å². The Hall–Kier alpha value is -1.78. The molecule has 5 heteroatoms. The third-order valence-electron chi connectivity index (χ3n) is 3.60. The SMILES string of the molecule is COc1cccn([C@@H](C)C(=O)N2CCCCC2)c1=O. The summed E-state index contributed by atoms with van der Waals surface area (Å²) in [5, 5.41) is 0. The van der Waals surface area contributed by atoms with E-state index in [4.69, 9.17) is 4.74 Å². The van der Waals surface area contributed by atoms with Crippen LogP contribution in [-0.2, 0) is 4.79 Å². The predicted molar refractivity (Wildman–Crippen MR) is 72.4 cm³/mol. The molecule has 2 heterocycles. The quantitative estimate of drug-likeness (QED) is 0.830. The molecular formula is C14H20N2O3. The molecule has 1 fully saturated rings. The minimum atomic E-state index is -0.485. The summed E-state index contributed by atoms with van der Waals surface area (Å²) in [6, 6.07) is 2.85. The number of carbonyl (C=O) groups is 1. The van der Waals surface area contributed by atoms with Crippen LogP contribution in [0.15, 0.2) is 23.1 Å². The molecular weight excluding hydrogens is 244 g/mol. The first-order valence-electron chi connectivity index (χ1n) is 6.69. The van der Waals surface area contributed by atoms with Gasteiger partial charge in [-0.25, -0.2) is 0 Å². The lowest BCUT2D eigenvalue weighted by Crippen LogP contribution is -2.41. The number of pyridine rings is 1. The summed E-state index contributed by atoms with van der Waals surface area (Å²) in [6.07, 6.45) is 4.91. The molecule has 1 amide bonds. The van der Waals surface area contributed by atoms with Crippen LogP contribution < -0.4 is 10.3 Å². The number of likely N-dealkylation sites (tertiary alicyclic amines) is 1. The van der Waals surface area contributed by atoms with Crippen LogP contribution in [0.5, 0.6) is 5.75 Å². The number of amides is 1. The number of aromatic nitrogens is 1. The number of hydrogen-bond donors (Lipinski definition) is 0. The molecule has 0 aliphatic carbocycles. The molecule has 0 radical (unpaired) electrons. The Morgan fingerprint density at radius 2 is 2.00 bits per heavy atom. The van der Waals surface area contributed by atoms with Gasteiger partial charge in [0.1, 0.15) is 6.04 Å². The molecule has 5 nitrogen and oxygen atoms in total. The van der Waals surface area contributed by atoms with Gasteiger partial charge in [-0.05, 0) is 38.3 Å². The van der Waals surface area contributed by atoms with Crippen LogP contribution in [-0.4, -0.2) is 35.6 Å². The average Bonchev–Trinajstić information content (AvgIpc) is 2.47. The number of piperidine rings is 1. The zero-order chi connectivity index (χ0) is 13.8. The maximum Gasteiger partial charge on any atom is 0.293 e. The predicted octanol–water partition coefficient (Wildman–Crippen LogP) is 1.43. The van der Waals surface area contributed by atoms with Crippen LogP contribution in [0, 0.1) is 0 Å². The lowest BCUT2D eigenvalue weighted by atomic mass is 10.1. The number of methoxy groups -OCH3 is 1. The van der Waals surface area contributed by atoms with Crippen molar-refractivity contribution in [1.82, 2.24) is 9.47 Å². The van der Waals surface area contributed by atoms with E-state index < -0.39 is 6.04 Å². The van der Waals surface area contributed by atoms with Crippen LogP contribution in [0.3, 0.4) is 0 Å². The molecule has 0 bridgehead atoms. The average molecular weight is 264 g/mol. The van der Waals surface area contributed by atoms with Crippen molar-refractivity contribution >= 4 is 5.91 Å². The zero-order valence-corrected chi connectivity index (χ0v) is 11.5. The molecule has 2 rings (SSSR count). The molecule has 0 aromatic carbocycles. The highest BCUT2D eigenvalue weighted by molar-refractivity contribution is 5.80. The fraction of sp³-hybridized carbons (Fsp3) is 0.571. The lowest BCUT2D eigenvalue weighted by molar-refractivity contribution is -0.135. The maximum absolute atomic E-state index is 12.4. The Morgan fingerprint density at radius 3 is 2.63 bits per heavy atom. The number of rotatable bonds is 3. The van der Waals surface area contributed by atoms with E-state index in [9.17, 15) is 9.59 Å². The first-order chi connectivity index (χ1) is 9.15. The summed E-state index contributed by atoms with van der Waals surface area (Å²) >= 11 is 0. The summed E-state index contributed by atoms with van der Waals surface area (Å²) < 4.78 is 6.44. The maximum atomic E-state index is 12.4. The minimum Gasteiger partial charge on any atom is -0.491 e. The van der Waals surface area contributed by atoms with Gasteiger partial charge in [-0.1, -0.05) is 0 Å². The standard InChI is InChI=1S/C14H20N2O3/c1-11(13(17)15-8-4-3-5-9-15)16-10-6-7-12(19-2)14(16)18/h6-7,10-11H,3-5,8-9H2,1-2H3/t11-/m0/s1. The molecule has 1 aliphatic rings. The largest absolute Gasteiger partial charge is 0.491 e. The highest BCUT2D eigenvalue weighted by atomic mass is 16.5. The van der Waals surface area contributed by atoms with Crippen LogP contribution in [0.25, 0.3) is 0 Å². The molecule has 104 valence electrons. The number of nitrogens with zero attached hydrogens (tertiary/aromatic N) is 2. The molecule has 0 saturated carbocycles. The van der Waals surface area contributed by atoms with Crippen molar-refractivity contribution in [3.8, 4) is 5.75 Å². The van der Waals surface area contributed by atoms with Gasteiger partial charge in [0.25, 0.3) is 5.56 Å². The molecule has 1 atom stereocenters. The summed E-state index contributed by atoms with van der Waals surface area (Å²) in [5.41, 5.74) is -0.261. The van der Waals surface area contributed by atoms with Crippen molar-refractivity contribution in [3.63, 3.8) is 0 Å². The topological polar surface area (TPSA) is 51.5 Å². The van der Waals surface area contributed by atoms with Crippen LogP contribution in [0.4, 0.5) is 0 Å². The number of hydrogen-bond acceptors (Lipinski definition) is 3. The molecule has 0 N–H and O–H groups in total. The Balaban J connectivity index is 2.21. The van der Waals surface area contributed by atoms with Gasteiger partial charge < -0.3 is 14.2 Å². The normalized spacial score (nSPS) is 17.1. The molecule has 0 spiro atoms. The van der Waals surface area contributed by atoms with Crippen LogP contribution in [0.2, 0.25) is 0 Å². The van der Waals surface area contributed by atoms with Gasteiger partial charge in [0, 0.05) is 19.3 Å². The highest BCUT2D eigenvalue weighted by Gasteiger charge is 2.24. The fourth-order valence-corrected chi connectivity index (χ4v) is 2.45. The van der Waals surface area contributed by atoms with E-state index in [1.54, 1.807) is 25.3 Å². The smallest absolute Gasteiger partial charge is 0.293 e. The second kappa shape index (κ2) is 5.91. The van der Waals surface area contributed by atoms with E-state index in [1.165, 1.54) is 18.1 Å². The van der Waals surface area contributed by atoms with Gasteiger partial charge in [-0.3, -0.25) is 9.59 Å². The van der Waals surface area contributed by atoms with Crippen molar-refractivity contribution in [2.75, 3.05) is 20.2 Å². The lowest BCUT2D eigenvalue weighted by Gasteiger charge is -2.29. The zero-order valence-electron chi connectivity index (χ0n) is 11.5. The first kappa shape index (κ1) is 13.6. The second-order valence-electron chi connectivity index (χ2n) is 4.85. The molecule has 1 aliphatic heterocycles. The van der Waals surface area contributed by atoms with Crippen molar-refractivity contribution < 1.29 is 9.53 Å². The van der Waals surface area contributed by atoms with E-state index >= 15 is 0 Å². The number of carbonyl (C=O) groups excluding carboxylic acids is 1. The molecule has 1 aromatic rings. The molecule has 1 saturated heterocycles.